The van der Waals surface area contributed by atoms with Crippen molar-refractivity contribution >= 4 is 34.5 Å². The summed E-state index contributed by atoms with van der Waals surface area (Å²) in [4.78, 5) is 32.1. The van der Waals surface area contributed by atoms with Crippen LogP contribution in [0.25, 0.3) is 5.65 Å². The van der Waals surface area contributed by atoms with Gasteiger partial charge in [-0.15, -0.1) is 11.3 Å². The van der Waals surface area contributed by atoms with Crippen molar-refractivity contribution in [1.82, 2.24) is 14.3 Å². The maximum atomic E-state index is 12.7. The molecule has 0 unspecified atom stereocenters. The van der Waals surface area contributed by atoms with E-state index in [1.54, 1.807) is 29.3 Å². The maximum absolute atomic E-state index is 12.7. The minimum absolute atomic E-state index is 0.0405. The van der Waals surface area contributed by atoms with E-state index in [1.807, 2.05) is 11.4 Å². The van der Waals surface area contributed by atoms with Crippen molar-refractivity contribution in [2.45, 2.75) is 13.0 Å². The molecule has 7 heteroatoms. The van der Waals surface area contributed by atoms with Crippen LogP contribution in [0.2, 0.25) is 5.02 Å². The summed E-state index contributed by atoms with van der Waals surface area (Å²) in [6, 6.07) is 7.09. The lowest BCUT2D eigenvalue weighted by molar-refractivity contribution is 0.0737. The van der Waals surface area contributed by atoms with Gasteiger partial charge in [-0.2, -0.15) is 0 Å². The number of nitrogens with zero attached hydrogens (tertiary/aromatic N) is 3. The maximum Gasteiger partial charge on any atom is 0.264 e. The van der Waals surface area contributed by atoms with Gasteiger partial charge in [-0.1, -0.05) is 17.7 Å². The van der Waals surface area contributed by atoms with E-state index in [1.165, 1.54) is 15.7 Å². The molecule has 4 heterocycles. The van der Waals surface area contributed by atoms with Crippen molar-refractivity contribution in [2.24, 2.45) is 0 Å². The topological polar surface area (TPSA) is 54.7 Å². The summed E-state index contributed by atoms with van der Waals surface area (Å²) in [6.07, 6.45) is 2.15. The lowest BCUT2D eigenvalue weighted by atomic mass is 10.1. The predicted molar refractivity (Wildman–Crippen MR) is 89.2 cm³/mol. The van der Waals surface area contributed by atoms with Gasteiger partial charge in [0.15, 0.2) is 0 Å². The van der Waals surface area contributed by atoms with Gasteiger partial charge < -0.3 is 4.90 Å². The molecule has 0 fully saturated rings. The minimum Gasteiger partial charge on any atom is -0.333 e. The first kappa shape index (κ1) is 14.4. The van der Waals surface area contributed by atoms with Crippen LogP contribution in [0.4, 0.5) is 0 Å². The molecule has 1 aliphatic heterocycles. The van der Waals surface area contributed by atoms with Crippen LogP contribution in [0.3, 0.4) is 0 Å². The highest BCUT2D eigenvalue weighted by Crippen LogP contribution is 2.20. The fourth-order valence-corrected chi connectivity index (χ4v) is 3.65. The van der Waals surface area contributed by atoms with Crippen LogP contribution in [-0.2, 0) is 13.0 Å². The number of rotatable bonds is 1. The second-order valence-electron chi connectivity index (χ2n) is 5.37. The van der Waals surface area contributed by atoms with Gasteiger partial charge in [0.05, 0.1) is 27.7 Å². The largest absolute Gasteiger partial charge is 0.333 e. The molecule has 4 rings (SSSR count). The van der Waals surface area contributed by atoms with Gasteiger partial charge in [-0.05, 0) is 23.6 Å². The Labute approximate surface area is 140 Å². The van der Waals surface area contributed by atoms with E-state index in [0.717, 1.165) is 5.69 Å². The van der Waals surface area contributed by atoms with Gasteiger partial charge in [0.2, 0.25) is 0 Å². The Morgan fingerprint density at radius 1 is 1.30 bits per heavy atom. The number of thiophene rings is 1. The Kier molecular flexibility index (Phi) is 3.43. The summed E-state index contributed by atoms with van der Waals surface area (Å²) >= 11 is 7.38. The normalized spacial score (nSPS) is 14.0. The second-order valence-corrected chi connectivity index (χ2v) is 6.76. The van der Waals surface area contributed by atoms with Gasteiger partial charge in [-0.3, -0.25) is 14.0 Å². The summed E-state index contributed by atoms with van der Waals surface area (Å²) in [7, 11) is 0. The Hall–Kier alpha value is -2.18. The smallest absolute Gasteiger partial charge is 0.264 e. The quantitative estimate of drug-likeness (QED) is 0.681. The third-order valence-electron chi connectivity index (χ3n) is 3.95. The lowest BCUT2D eigenvalue weighted by Gasteiger charge is -2.27. The third kappa shape index (κ3) is 2.44. The van der Waals surface area contributed by atoms with Crippen LogP contribution in [0.5, 0.6) is 0 Å². The first-order valence-electron chi connectivity index (χ1n) is 7.16. The summed E-state index contributed by atoms with van der Waals surface area (Å²) in [5.41, 5.74) is 1.76. The SMILES string of the molecule is O=C(c1cccs1)N1CCc2nc3ccc(Cl)cn3c(=O)c2C1. The zero-order valence-electron chi connectivity index (χ0n) is 12.0. The highest BCUT2D eigenvalue weighted by atomic mass is 35.5. The molecule has 0 aromatic carbocycles. The Morgan fingerprint density at radius 3 is 2.96 bits per heavy atom. The molecule has 1 amide bonds. The zero-order chi connectivity index (χ0) is 16.0. The molecule has 0 saturated heterocycles. The minimum atomic E-state index is -0.156. The van der Waals surface area contributed by atoms with Crippen LogP contribution in [-0.4, -0.2) is 26.7 Å². The second kappa shape index (κ2) is 5.47. The van der Waals surface area contributed by atoms with Crippen molar-refractivity contribution in [3.8, 4) is 0 Å². The average Bonchev–Trinajstić information content (AvgIpc) is 3.09. The first-order chi connectivity index (χ1) is 11.1. The molecule has 0 aliphatic carbocycles. The van der Waals surface area contributed by atoms with Crippen LogP contribution in [0, 0.1) is 0 Å². The van der Waals surface area contributed by atoms with E-state index in [0.29, 0.717) is 34.1 Å². The molecule has 0 bridgehead atoms. The summed E-state index contributed by atoms with van der Waals surface area (Å²) in [6.45, 7) is 0.854. The molecule has 116 valence electrons. The van der Waals surface area contributed by atoms with Crippen LogP contribution < -0.4 is 5.56 Å². The molecule has 3 aromatic rings. The summed E-state index contributed by atoms with van der Waals surface area (Å²) < 4.78 is 1.44. The van der Waals surface area contributed by atoms with Gasteiger partial charge in [-0.25, -0.2) is 4.98 Å². The van der Waals surface area contributed by atoms with Crippen LogP contribution >= 0.6 is 22.9 Å². The number of pyridine rings is 1. The number of aromatic nitrogens is 2. The van der Waals surface area contributed by atoms with E-state index < -0.39 is 0 Å². The Balaban J connectivity index is 1.77. The molecule has 0 radical (unpaired) electrons. The molecule has 0 N–H and O–H groups in total. The Morgan fingerprint density at radius 2 is 2.17 bits per heavy atom. The molecular formula is C16H12ClN3O2S. The van der Waals surface area contributed by atoms with Crippen molar-refractivity contribution in [3.63, 3.8) is 0 Å². The molecule has 5 nitrogen and oxygen atoms in total. The standard InChI is InChI=1S/C16H12ClN3O2S/c17-10-3-4-14-18-12-5-6-19(16(22)13-2-1-7-23-13)9-11(12)15(21)20(14)8-10/h1-4,7-8H,5-6,9H2. The number of carbonyl (C=O) groups excluding carboxylic acids is 1. The fraction of sp³-hybridized carbons (Fsp3) is 0.188. The highest BCUT2D eigenvalue weighted by Gasteiger charge is 2.26. The third-order valence-corrected chi connectivity index (χ3v) is 5.03. The number of fused-ring (bicyclic) bond motifs is 2. The lowest BCUT2D eigenvalue weighted by Crippen LogP contribution is -2.40. The average molecular weight is 346 g/mol. The van der Waals surface area contributed by atoms with Gasteiger partial charge in [0.25, 0.3) is 11.5 Å². The van der Waals surface area contributed by atoms with E-state index >= 15 is 0 Å². The molecule has 1 aliphatic rings. The van der Waals surface area contributed by atoms with Crippen molar-refractivity contribution in [2.75, 3.05) is 6.54 Å². The molecule has 0 spiro atoms. The predicted octanol–water partition coefficient (Wildman–Crippen LogP) is 2.61. The summed E-state index contributed by atoms with van der Waals surface area (Å²) in [5, 5.41) is 2.35. The summed E-state index contributed by atoms with van der Waals surface area (Å²) in [5.74, 6) is -0.0405. The molecule has 23 heavy (non-hydrogen) atoms. The van der Waals surface area contributed by atoms with Gasteiger partial charge >= 0.3 is 0 Å². The van der Waals surface area contributed by atoms with Crippen molar-refractivity contribution in [1.29, 1.82) is 0 Å². The molecular weight excluding hydrogens is 334 g/mol. The van der Waals surface area contributed by atoms with E-state index in [4.69, 9.17) is 11.6 Å². The fourth-order valence-electron chi connectivity index (χ4n) is 2.80. The first-order valence-corrected chi connectivity index (χ1v) is 8.42. The monoisotopic (exact) mass is 345 g/mol. The number of halogens is 1. The Bertz CT molecular complexity index is 965. The molecule has 3 aromatic heterocycles. The number of hydrogen-bond donors (Lipinski definition) is 0. The molecule has 0 saturated carbocycles. The van der Waals surface area contributed by atoms with Gasteiger partial charge in [0, 0.05) is 19.2 Å². The highest BCUT2D eigenvalue weighted by molar-refractivity contribution is 7.12. The number of hydrogen-bond acceptors (Lipinski definition) is 4. The van der Waals surface area contributed by atoms with Crippen molar-refractivity contribution in [3.05, 3.63) is 67.4 Å². The van der Waals surface area contributed by atoms with Crippen LogP contribution in [0.15, 0.2) is 40.6 Å². The van der Waals surface area contributed by atoms with E-state index in [-0.39, 0.29) is 18.0 Å². The number of amides is 1. The molecule has 0 atom stereocenters. The number of carbonyl (C=O) groups is 1. The van der Waals surface area contributed by atoms with Crippen molar-refractivity contribution < 1.29 is 4.79 Å². The zero-order valence-corrected chi connectivity index (χ0v) is 13.6. The van der Waals surface area contributed by atoms with E-state index in [2.05, 4.69) is 4.98 Å². The van der Waals surface area contributed by atoms with Crippen LogP contribution in [0.1, 0.15) is 20.9 Å². The van der Waals surface area contributed by atoms with Gasteiger partial charge in [0.1, 0.15) is 5.65 Å². The van der Waals surface area contributed by atoms with E-state index in [9.17, 15) is 9.59 Å².